The van der Waals surface area contributed by atoms with Crippen LogP contribution in [0.1, 0.15) is 5.56 Å². The van der Waals surface area contributed by atoms with Crippen molar-refractivity contribution in [1.82, 2.24) is 0 Å². The molecule has 1 rings (SSSR count). The Morgan fingerprint density at radius 1 is 1.12 bits per heavy atom. The van der Waals surface area contributed by atoms with Gasteiger partial charge >= 0.3 is 11.9 Å². The van der Waals surface area contributed by atoms with Crippen LogP contribution < -0.4 is 0 Å². The predicted octanol–water partition coefficient (Wildman–Crippen LogP) is -0.165. The van der Waals surface area contributed by atoms with E-state index in [9.17, 15) is 19.8 Å². The zero-order valence-corrected chi connectivity index (χ0v) is 8.12. The normalized spacial score (nSPS) is 11.1. The second-order valence-corrected chi connectivity index (χ2v) is 3.28. The molecule has 16 heavy (non-hydrogen) atoms. The molecule has 0 saturated carbocycles. The zero-order valence-electron chi connectivity index (χ0n) is 8.12. The molecule has 4 N–H and O–H groups in total. The molecule has 0 aromatic heterocycles. The summed E-state index contributed by atoms with van der Waals surface area (Å²) < 4.78 is 0. The molecule has 0 amide bonds. The minimum atomic E-state index is -2.93. The van der Waals surface area contributed by atoms with Crippen molar-refractivity contribution in [3.05, 3.63) is 29.8 Å². The van der Waals surface area contributed by atoms with Gasteiger partial charge in [-0.2, -0.15) is 0 Å². The number of benzene rings is 1. The Morgan fingerprint density at radius 3 is 2.06 bits per heavy atom. The third-order valence-corrected chi connectivity index (χ3v) is 2.15. The molecule has 0 aliphatic heterocycles. The van der Waals surface area contributed by atoms with Gasteiger partial charge in [0.1, 0.15) is 5.75 Å². The first-order valence-electron chi connectivity index (χ1n) is 4.34. The van der Waals surface area contributed by atoms with Crippen molar-refractivity contribution in [1.29, 1.82) is 0 Å². The van der Waals surface area contributed by atoms with E-state index in [1.54, 1.807) is 0 Å². The van der Waals surface area contributed by atoms with Gasteiger partial charge in [-0.25, -0.2) is 9.59 Å². The molecule has 0 aliphatic rings. The van der Waals surface area contributed by atoms with Gasteiger partial charge in [-0.3, -0.25) is 0 Å². The Bertz CT molecular complexity index is 411. The molecule has 0 bridgehead atoms. The molecule has 86 valence electrons. The van der Waals surface area contributed by atoms with Crippen LogP contribution in [-0.2, 0) is 16.0 Å². The molecular formula is C10H10O6. The van der Waals surface area contributed by atoms with Crippen LogP contribution in [-0.4, -0.2) is 38.0 Å². The quantitative estimate of drug-likeness (QED) is 0.530. The first-order chi connectivity index (χ1) is 7.38. The van der Waals surface area contributed by atoms with E-state index in [-0.39, 0.29) is 11.3 Å². The number of rotatable bonds is 4. The molecule has 6 heteroatoms. The highest BCUT2D eigenvalue weighted by Crippen LogP contribution is 2.22. The van der Waals surface area contributed by atoms with E-state index < -0.39 is 24.0 Å². The van der Waals surface area contributed by atoms with Crippen molar-refractivity contribution >= 4 is 11.9 Å². The molecule has 1 aromatic rings. The number of aliphatic hydroxyl groups is 1. The number of hydrogen-bond acceptors (Lipinski definition) is 4. The van der Waals surface area contributed by atoms with Crippen LogP contribution in [0.25, 0.3) is 0 Å². The maximum Gasteiger partial charge on any atom is 0.347 e. The number of para-hydroxylation sites is 1. The van der Waals surface area contributed by atoms with Crippen molar-refractivity contribution in [3.8, 4) is 5.75 Å². The number of phenolic OH excluding ortho intramolecular Hbond substituents is 1. The third-order valence-electron chi connectivity index (χ3n) is 2.15. The number of carboxylic acids is 2. The lowest BCUT2D eigenvalue weighted by Crippen LogP contribution is -2.48. The molecule has 0 atom stereocenters. The highest BCUT2D eigenvalue weighted by Gasteiger charge is 2.45. The summed E-state index contributed by atoms with van der Waals surface area (Å²) in [4.78, 5) is 21.3. The Labute approximate surface area is 90.4 Å². The van der Waals surface area contributed by atoms with Gasteiger partial charge in [0.2, 0.25) is 0 Å². The van der Waals surface area contributed by atoms with Gasteiger partial charge in [-0.1, -0.05) is 18.2 Å². The Kier molecular flexibility index (Phi) is 3.14. The number of aromatic hydroxyl groups is 1. The van der Waals surface area contributed by atoms with Crippen LogP contribution in [0.3, 0.4) is 0 Å². The fourth-order valence-electron chi connectivity index (χ4n) is 1.18. The zero-order chi connectivity index (χ0) is 12.3. The van der Waals surface area contributed by atoms with E-state index in [1.807, 2.05) is 0 Å². The van der Waals surface area contributed by atoms with Crippen LogP contribution in [0, 0.1) is 0 Å². The summed E-state index contributed by atoms with van der Waals surface area (Å²) in [5.74, 6) is -4.00. The lowest BCUT2D eigenvalue weighted by molar-refractivity contribution is -0.175. The summed E-state index contributed by atoms with van der Waals surface area (Å²) in [6.45, 7) is 0. The first kappa shape index (κ1) is 12.0. The molecule has 0 aliphatic carbocycles. The molecule has 0 spiro atoms. The van der Waals surface area contributed by atoms with Crippen LogP contribution in [0.5, 0.6) is 5.75 Å². The summed E-state index contributed by atoms with van der Waals surface area (Å²) in [7, 11) is 0. The van der Waals surface area contributed by atoms with Crippen molar-refractivity contribution in [2.45, 2.75) is 12.0 Å². The van der Waals surface area contributed by atoms with Crippen LogP contribution in [0.2, 0.25) is 0 Å². The average molecular weight is 226 g/mol. The highest BCUT2D eigenvalue weighted by atomic mass is 16.4. The Morgan fingerprint density at radius 2 is 1.62 bits per heavy atom. The molecule has 0 saturated heterocycles. The number of carbonyl (C=O) groups is 2. The number of hydrogen-bond donors (Lipinski definition) is 4. The largest absolute Gasteiger partial charge is 0.508 e. The molecular weight excluding hydrogens is 216 g/mol. The van der Waals surface area contributed by atoms with Gasteiger partial charge in [0.25, 0.3) is 5.60 Å². The second-order valence-electron chi connectivity index (χ2n) is 3.28. The number of phenols is 1. The highest BCUT2D eigenvalue weighted by molar-refractivity contribution is 6.01. The number of carboxylic acid groups (broad SMARTS) is 2. The Balaban J connectivity index is 3.07. The smallest absolute Gasteiger partial charge is 0.347 e. The van der Waals surface area contributed by atoms with E-state index >= 15 is 0 Å². The maximum absolute atomic E-state index is 10.7. The predicted molar refractivity (Wildman–Crippen MR) is 52.0 cm³/mol. The van der Waals surface area contributed by atoms with Gasteiger partial charge in [-0.15, -0.1) is 0 Å². The fourth-order valence-corrected chi connectivity index (χ4v) is 1.18. The molecule has 0 unspecified atom stereocenters. The van der Waals surface area contributed by atoms with Gasteiger partial charge in [0, 0.05) is 6.42 Å². The topological polar surface area (TPSA) is 115 Å². The van der Waals surface area contributed by atoms with E-state index in [0.717, 1.165) is 0 Å². The maximum atomic E-state index is 10.7. The van der Waals surface area contributed by atoms with Gasteiger partial charge in [-0.05, 0) is 11.6 Å². The summed E-state index contributed by atoms with van der Waals surface area (Å²) >= 11 is 0. The Hall–Kier alpha value is -2.08. The van der Waals surface area contributed by atoms with Crippen molar-refractivity contribution in [3.63, 3.8) is 0 Å². The van der Waals surface area contributed by atoms with Crippen LogP contribution >= 0.6 is 0 Å². The van der Waals surface area contributed by atoms with E-state index in [0.29, 0.717) is 0 Å². The van der Waals surface area contributed by atoms with Crippen molar-refractivity contribution in [2.75, 3.05) is 0 Å². The second kappa shape index (κ2) is 4.19. The lowest BCUT2D eigenvalue weighted by atomic mass is 9.94. The van der Waals surface area contributed by atoms with Gasteiger partial charge in [0.05, 0.1) is 0 Å². The van der Waals surface area contributed by atoms with Crippen LogP contribution in [0.4, 0.5) is 0 Å². The van der Waals surface area contributed by atoms with E-state index in [1.165, 1.54) is 24.3 Å². The fraction of sp³-hybridized carbons (Fsp3) is 0.200. The number of aliphatic carboxylic acids is 2. The first-order valence-corrected chi connectivity index (χ1v) is 4.34. The monoisotopic (exact) mass is 226 g/mol. The summed E-state index contributed by atoms with van der Waals surface area (Å²) in [5.41, 5.74) is -2.88. The van der Waals surface area contributed by atoms with E-state index in [4.69, 9.17) is 10.2 Å². The van der Waals surface area contributed by atoms with Gasteiger partial charge < -0.3 is 20.4 Å². The minimum absolute atomic E-state index is 0.0507. The summed E-state index contributed by atoms with van der Waals surface area (Å²) in [6, 6.07) is 5.62. The molecule has 1 aromatic carbocycles. The van der Waals surface area contributed by atoms with Crippen molar-refractivity contribution in [2.24, 2.45) is 0 Å². The van der Waals surface area contributed by atoms with E-state index in [2.05, 4.69) is 0 Å². The molecule has 0 heterocycles. The SMILES string of the molecule is O=C(O)C(O)(Cc1ccccc1O)C(=O)O. The minimum Gasteiger partial charge on any atom is -0.508 e. The molecule has 6 nitrogen and oxygen atoms in total. The summed E-state index contributed by atoms with van der Waals surface area (Å²) in [6.07, 6.45) is -0.704. The third kappa shape index (κ3) is 2.12. The summed E-state index contributed by atoms with van der Waals surface area (Å²) in [5, 5.41) is 36.1. The van der Waals surface area contributed by atoms with Gasteiger partial charge in [0.15, 0.2) is 0 Å². The average Bonchev–Trinajstić information content (AvgIpc) is 2.20. The van der Waals surface area contributed by atoms with Crippen LogP contribution in [0.15, 0.2) is 24.3 Å². The lowest BCUT2D eigenvalue weighted by Gasteiger charge is -2.18. The standard InChI is InChI=1S/C10H10O6/c11-7-4-2-1-3-6(7)5-10(16,8(12)13)9(14)15/h1-4,11,16H,5H2,(H,12,13)(H,14,15). The molecule has 0 fully saturated rings. The molecule has 0 radical (unpaired) electrons. The van der Waals surface area contributed by atoms with Crippen molar-refractivity contribution < 1.29 is 30.0 Å².